The van der Waals surface area contributed by atoms with Gasteiger partial charge in [-0.2, -0.15) is 0 Å². The fourth-order valence-corrected chi connectivity index (χ4v) is 3.87. The number of methoxy groups -OCH3 is 1. The molecule has 3 aromatic rings. The molecule has 0 bridgehead atoms. The summed E-state index contributed by atoms with van der Waals surface area (Å²) < 4.78 is 9.92. The number of hydrogen-bond acceptors (Lipinski definition) is 7. The van der Waals surface area contributed by atoms with Gasteiger partial charge in [-0.1, -0.05) is 60.7 Å². The monoisotopic (exact) mass is 438 g/mol. The zero-order valence-electron chi connectivity index (χ0n) is 17.2. The SMILES string of the molecule is COC(=O)C(Cc1ccccc1)NC(=O)COC(=O)c1sc(-c2ccccc2)nc1C. The number of esters is 2. The number of thiazole rings is 1. The van der Waals surface area contributed by atoms with Crippen LogP contribution in [0.2, 0.25) is 0 Å². The first kappa shape index (κ1) is 22.2. The molecule has 0 aliphatic rings. The minimum Gasteiger partial charge on any atom is -0.467 e. The molecule has 0 aliphatic heterocycles. The molecule has 31 heavy (non-hydrogen) atoms. The van der Waals surface area contributed by atoms with E-state index >= 15 is 0 Å². The van der Waals surface area contributed by atoms with Gasteiger partial charge in [0.25, 0.3) is 5.91 Å². The second-order valence-corrected chi connectivity index (χ2v) is 7.71. The highest BCUT2D eigenvalue weighted by atomic mass is 32.1. The van der Waals surface area contributed by atoms with Gasteiger partial charge in [0, 0.05) is 12.0 Å². The lowest BCUT2D eigenvalue weighted by atomic mass is 10.1. The Morgan fingerprint density at radius 2 is 1.68 bits per heavy atom. The summed E-state index contributed by atoms with van der Waals surface area (Å²) in [4.78, 5) is 41.6. The van der Waals surface area contributed by atoms with Crippen molar-refractivity contribution in [2.75, 3.05) is 13.7 Å². The molecule has 1 heterocycles. The molecule has 1 unspecified atom stereocenters. The van der Waals surface area contributed by atoms with E-state index in [0.29, 0.717) is 15.6 Å². The number of ether oxygens (including phenoxy) is 2. The summed E-state index contributed by atoms with van der Waals surface area (Å²) in [7, 11) is 1.25. The van der Waals surface area contributed by atoms with Crippen molar-refractivity contribution in [1.29, 1.82) is 0 Å². The highest BCUT2D eigenvalue weighted by Gasteiger charge is 2.23. The van der Waals surface area contributed by atoms with Crippen LogP contribution < -0.4 is 5.32 Å². The fraction of sp³-hybridized carbons (Fsp3) is 0.217. The van der Waals surface area contributed by atoms with E-state index < -0.39 is 30.5 Å². The van der Waals surface area contributed by atoms with E-state index in [2.05, 4.69) is 10.3 Å². The first-order chi connectivity index (χ1) is 15.0. The maximum absolute atomic E-state index is 12.5. The van der Waals surface area contributed by atoms with Crippen molar-refractivity contribution in [2.45, 2.75) is 19.4 Å². The van der Waals surface area contributed by atoms with E-state index in [1.54, 1.807) is 6.92 Å². The highest BCUT2D eigenvalue weighted by molar-refractivity contribution is 7.17. The molecule has 1 amide bonds. The third-order valence-electron chi connectivity index (χ3n) is 4.44. The van der Waals surface area contributed by atoms with E-state index in [-0.39, 0.29) is 6.42 Å². The Balaban J connectivity index is 1.59. The molecule has 8 heteroatoms. The maximum atomic E-state index is 12.5. The lowest BCUT2D eigenvalue weighted by molar-refractivity contribution is -0.145. The first-order valence-electron chi connectivity index (χ1n) is 9.59. The van der Waals surface area contributed by atoms with Crippen molar-refractivity contribution < 1.29 is 23.9 Å². The van der Waals surface area contributed by atoms with Crippen LogP contribution in [0.5, 0.6) is 0 Å². The topological polar surface area (TPSA) is 94.6 Å². The van der Waals surface area contributed by atoms with Crippen LogP contribution in [0.4, 0.5) is 0 Å². The maximum Gasteiger partial charge on any atom is 0.350 e. The number of rotatable bonds is 8. The quantitative estimate of drug-likeness (QED) is 0.543. The number of nitrogens with zero attached hydrogens (tertiary/aromatic N) is 1. The predicted molar refractivity (Wildman–Crippen MR) is 117 cm³/mol. The van der Waals surface area contributed by atoms with Gasteiger partial charge in [-0.05, 0) is 12.5 Å². The summed E-state index contributed by atoms with van der Waals surface area (Å²) in [5.41, 5.74) is 2.30. The van der Waals surface area contributed by atoms with Gasteiger partial charge < -0.3 is 14.8 Å². The molecule has 0 aliphatic carbocycles. The molecular weight excluding hydrogens is 416 g/mol. The molecule has 1 atom stereocenters. The molecule has 1 aromatic heterocycles. The fourth-order valence-electron chi connectivity index (χ4n) is 2.91. The average Bonchev–Trinajstić information content (AvgIpc) is 3.19. The van der Waals surface area contributed by atoms with E-state index in [4.69, 9.17) is 9.47 Å². The summed E-state index contributed by atoms with van der Waals surface area (Å²) in [6.07, 6.45) is 0.265. The minimum absolute atomic E-state index is 0.265. The number of carbonyl (C=O) groups excluding carboxylic acids is 3. The lowest BCUT2D eigenvalue weighted by Gasteiger charge is -2.16. The predicted octanol–water partition coefficient (Wildman–Crippen LogP) is 3.18. The number of benzene rings is 2. The molecule has 7 nitrogen and oxygen atoms in total. The van der Waals surface area contributed by atoms with Crippen molar-refractivity contribution in [1.82, 2.24) is 10.3 Å². The van der Waals surface area contributed by atoms with Gasteiger partial charge in [0.05, 0.1) is 12.8 Å². The van der Waals surface area contributed by atoms with Gasteiger partial charge in [0.2, 0.25) is 0 Å². The molecule has 0 saturated heterocycles. The molecule has 0 saturated carbocycles. The molecule has 0 spiro atoms. The third kappa shape index (κ3) is 5.99. The Bertz CT molecular complexity index is 1050. The number of aryl methyl sites for hydroxylation is 1. The summed E-state index contributed by atoms with van der Waals surface area (Å²) in [6, 6.07) is 17.8. The Morgan fingerprint density at radius 3 is 2.32 bits per heavy atom. The molecule has 0 fully saturated rings. The van der Waals surface area contributed by atoms with E-state index in [0.717, 1.165) is 11.1 Å². The highest BCUT2D eigenvalue weighted by Crippen LogP contribution is 2.28. The average molecular weight is 439 g/mol. The van der Waals surface area contributed by atoms with Crippen LogP contribution in [0.15, 0.2) is 60.7 Å². The normalized spacial score (nSPS) is 11.4. The van der Waals surface area contributed by atoms with Crippen LogP contribution in [0.25, 0.3) is 10.6 Å². The largest absolute Gasteiger partial charge is 0.467 e. The van der Waals surface area contributed by atoms with Gasteiger partial charge in [-0.15, -0.1) is 11.3 Å². The van der Waals surface area contributed by atoms with Gasteiger partial charge in [0.15, 0.2) is 6.61 Å². The third-order valence-corrected chi connectivity index (χ3v) is 5.63. The lowest BCUT2D eigenvalue weighted by Crippen LogP contribution is -2.44. The van der Waals surface area contributed by atoms with Gasteiger partial charge in [-0.25, -0.2) is 14.6 Å². The van der Waals surface area contributed by atoms with Gasteiger partial charge in [0.1, 0.15) is 15.9 Å². The van der Waals surface area contributed by atoms with Gasteiger partial charge >= 0.3 is 11.9 Å². The zero-order chi connectivity index (χ0) is 22.2. The Morgan fingerprint density at radius 1 is 1.03 bits per heavy atom. The smallest absolute Gasteiger partial charge is 0.350 e. The van der Waals surface area contributed by atoms with Crippen LogP contribution in [-0.4, -0.2) is 42.6 Å². The molecule has 1 N–H and O–H groups in total. The van der Waals surface area contributed by atoms with Crippen LogP contribution in [0.3, 0.4) is 0 Å². The second kappa shape index (κ2) is 10.5. The molecule has 0 radical (unpaired) electrons. The van der Waals surface area contributed by atoms with E-state index in [1.807, 2.05) is 60.7 Å². The minimum atomic E-state index is -0.881. The summed E-state index contributed by atoms with van der Waals surface area (Å²) in [6.45, 7) is 1.20. The first-order valence-corrected chi connectivity index (χ1v) is 10.4. The van der Waals surface area contributed by atoms with Crippen molar-refractivity contribution in [2.24, 2.45) is 0 Å². The Labute approximate surface area is 184 Å². The van der Waals surface area contributed by atoms with Crippen LogP contribution in [-0.2, 0) is 25.5 Å². The molecule has 160 valence electrons. The Hall–Kier alpha value is -3.52. The van der Waals surface area contributed by atoms with Crippen molar-refractivity contribution >= 4 is 29.2 Å². The van der Waals surface area contributed by atoms with Crippen molar-refractivity contribution in [3.05, 3.63) is 76.8 Å². The van der Waals surface area contributed by atoms with Crippen molar-refractivity contribution in [3.8, 4) is 10.6 Å². The van der Waals surface area contributed by atoms with E-state index in [9.17, 15) is 14.4 Å². The number of aromatic nitrogens is 1. The number of nitrogens with one attached hydrogen (secondary N) is 1. The standard InChI is InChI=1S/C23H22N2O5S/c1-15-20(31-21(24-15)17-11-7-4-8-12-17)23(28)30-14-19(26)25-18(22(27)29-2)13-16-9-5-3-6-10-16/h3-12,18H,13-14H2,1-2H3,(H,25,26). The van der Waals surface area contributed by atoms with Gasteiger partial charge in [-0.3, -0.25) is 4.79 Å². The van der Waals surface area contributed by atoms with Crippen LogP contribution in [0, 0.1) is 6.92 Å². The summed E-state index contributed by atoms with van der Waals surface area (Å²) in [5, 5.41) is 3.26. The molecular formula is C23H22N2O5S. The summed E-state index contributed by atoms with van der Waals surface area (Å²) >= 11 is 1.21. The van der Waals surface area contributed by atoms with Crippen molar-refractivity contribution in [3.63, 3.8) is 0 Å². The second-order valence-electron chi connectivity index (χ2n) is 6.71. The molecule has 3 rings (SSSR count). The zero-order valence-corrected chi connectivity index (χ0v) is 18.0. The summed E-state index contributed by atoms with van der Waals surface area (Å²) in [5.74, 6) is -1.80. The molecule has 2 aromatic carbocycles. The van der Waals surface area contributed by atoms with E-state index in [1.165, 1.54) is 18.4 Å². The van der Waals surface area contributed by atoms with Crippen LogP contribution >= 0.6 is 11.3 Å². The number of carbonyl (C=O) groups is 3. The number of hydrogen-bond donors (Lipinski definition) is 1. The number of amides is 1. The Kier molecular flexibility index (Phi) is 7.50. The van der Waals surface area contributed by atoms with Crippen LogP contribution in [0.1, 0.15) is 20.9 Å².